The van der Waals surface area contributed by atoms with Gasteiger partial charge >= 0.3 is 5.69 Å². The lowest BCUT2D eigenvalue weighted by Crippen LogP contribution is -2.15. The number of H-pyrrole nitrogens is 1. The number of thiophene rings is 1. The van der Waals surface area contributed by atoms with E-state index in [0.29, 0.717) is 16.8 Å². The Kier molecular flexibility index (Phi) is 3.54. The SMILES string of the molecule is CS(=O)(=O)c1ccc(CNc2ccc3[nH]c(=O)n(C4CC4)c3c2)s1. The van der Waals surface area contributed by atoms with E-state index in [1.165, 1.54) is 17.6 Å². The average Bonchev–Trinajstić information content (AvgIpc) is 3.11. The van der Waals surface area contributed by atoms with E-state index in [0.717, 1.165) is 34.4 Å². The largest absolute Gasteiger partial charge is 0.380 e. The smallest absolute Gasteiger partial charge is 0.326 e. The van der Waals surface area contributed by atoms with E-state index in [1.54, 1.807) is 6.07 Å². The Morgan fingerprint density at radius 3 is 2.75 bits per heavy atom. The van der Waals surface area contributed by atoms with Crippen LogP contribution in [0.5, 0.6) is 0 Å². The minimum absolute atomic E-state index is 0.0549. The Morgan fingerprint density at radius 1 is 1.29 bits per heavy atom. The number of sulfone groups is 1. The highest BCUT2D eigenvalue weighted by Crippen LogP contribution is 2.36. The van der Waals surface area contributed by atoms with Crippen LogP contribution in [-0.4, -0.2) is 24.2 Å². The highest BCUT2D eigenvalue weighted by Gasteiger charge is 2.27. The Hall–Kier alpha value is -2.06. The predicted molar refractivity (Wildman–Crippen MR) is 95.6 cm³/mol. The summed E-state index contributed by atoms with van der Waals surface area (Å²) in [6, 6.07) is 9.56. The first kappa shape index (κ1) is 15.5. The first-order valence-corrected chi connectivity index (χ1v) is 10.4. The number of aromatic amines is 1. The van der Waals surface area contributed by atoms with Gasteiger partial charge in [0.25, 0.3) is 0 Å². The van der Waals surface area contributed by atoms with Crippen molar-refractivity contribution in [1.82, 2.24) is 9.55 Å². The van der Waals surface area contributed by atoms with Crippen LogP contribution in [0.2, 0.25) is 0 Å². The fraction of sp³-hybridized carbons (Fsp3) is 0.312. The zero-order valence-electron chi connectivity index (χ0n) is 13.1. The van der Waals surface area contributed by atoms with Crippen LogP contribution in [0.3, 0.4) is 0 Å². The van der Waals surface area contributed by atoms with Crippen molar-refractivity contribution in [3.05, 3.63) is 45.7 Å². The fourth-order valence-corrected chi connectivity index (χ4v) is 4.69. The van der Waals surface area contributed by atoms with Crippen molar-refractivity contribution in [3.8, 4) is 0 Å². The summed E-state index contributed by atoms with van der Waals surface area (Å²) >= 11 is 1.27. The van der Waals surface area contributed by atoms with Crippen molar-refractivity contribution in [2.75, 3.05) is 11.6 Å². The van der Waals surface area contributed by atoms with Gasteiger partial charge in [0.1, 0.15) is 4.21 Å². The van der Waals surface area contributed by atoms with Crippen molar-refractivity contribution in [3.63, 3.8) is 0 Å². The highest BCUT2D eigenvalue weighted by molar-refractivity contribution is 7.92. The zero-order valence-corrected chi connectivity index (χ0v) is 14.7. The molecule has 6 nitrogen and oxygen atoms in total. The number of hydrogen-bond donors (Lipinski definition) is 2. The van der Waals surface area contributed by atoms with Crippen LogP contribution in [0.15, 0.2) is 39.3 Å². The Bertz CT molecular complexity index is 1070. The van der Waals surface area contributed by atoms with Gasteiger partial charge in [0.05, 0.1) is 11.0 Å². The second kappa shape index (κ2) is 5.49. The van der Waals surface area contributed by atoms with Gasteiger partial charge in [-0.3, -0.25) is 4.57 Å². The number of nitrogens with zero attached hydrogens (tertiary/aromatic N) is 1. The molecule has 1 aliphatic carbocycles. The number of imidazole rings is 1. The van der Waals surface area contributed by atoms with Crippen LogP contribution in [0, 0.1) is 0 Å². The van der Waals surface area contributed by atoms with E-state index in [-0.39, 0.29) is 5.69 Å². The summed E-state index contributed by atoms with van der Waals surface area (Å²) in [5.74, 6) is 0. The molecule has 0 saturated heterocycles. The van der Waals surface area contributed by atoms with Gasteiger partial charge in [-0.15, -0.1) is 11.3 Å². The number of nitrogens with one attached hydrogen (secondary N) is 2. The van der Waals surface area contributed by atoms with Crippen molar-refractivity contribution in [1.29, 1.82) is 0 Å². The predicted octanol–water partition coefficient (Wildman–Crippen LogP) is 2.74. The lowest BCUT2D eigenvalue weighted by atomic mass is 10.2. The summed E-state index contributed by atoms with van der Waals surface area (Å²) in [4.78, 5) is 15.9. The van der Waals surface area contributed by atoms with Gasteiger partial charge in [-0.1, -0.05) is 0 Å². The number of fused-ring (bicyclic) bond motifs is 1. The Balaban J connectivity index is 1.57. The lowest BCUT2D eigenvalue weighted by molar-refractivity contribution is 0.604. The summed E-state index contributed by atoms with van der Waals surface area (Å²) in [6.07, 6.45) is 3.31. The number of benzene rings is 1. The standard InChI is InChI=1S/C16H17N3O3S2/c1-24(21,22)15-7-5-12(23-15)9-17-10-2-6-13-14(8-10)19(11-3-4-11)16(20)18-13/h2,5-8,11,17H,3-4,9H2,1H3,(H,18,20). The number of aromatic nitrogens is 2. The minimum atomic E-state index is -3.15. The molecule has 0 amide bonds. The third-order valence-electron chi connectivity index (χ3n) is 4.10. The second-order valence-corrected chi connectivity index (χ2v) is 9.52. The van der Waals surface area contributed by atoms with Crippen LogP contribution in [0.1, 0.15) is 23.8 Å². The van der Waals surface area contributed by atoms with Crippen LogP contribution < -0.4 is 11.0 Å². The third kappa shape index (κ3) is 2.87. The zero-order chi connectivity index (χ0) is 16.9. The van der Waals surface area contributed by atoms with Crippen molar-refractivity contribution in [2.45, 2.75) is 29.6 Å². The molecule has 2 aromatic heterocycles. The van der Waals surface area contributed by atoms with Crippen LogP contribution in [0.25, 0.3) is 11.0 Å². The number of hydrogen-bond acceptors (Lipinski definition) is 5. The molecule has 1 fully saturated rings. The molecule has 1 aromatic carbocycles. The molecule has 1 aliphatic rings. The topological polar surface area (TPSA) is 84.0 Å². The normalized spacial score (nSPS) is 15.0. The Labute approximate surface area is 143 Å². The van der Waals surface area contributed by atoms with Crippen molar-refractivity contribution < 1.29 is 8.42 Å². The van der Waals surface area contributed by atoms with Gasteiger partial charge in [-0.2, -0.15) is 0 Å². The van der Waals surface area contributed by atoms with Crippen LogP contribution in [0.4, 0.5) is 5.69 Å². The molecule has 4 rings (SSSR count). The summed E-state index contributed by atoms with van der Waals surface area (Å²) in [5, 5.41) is 3.30. The molecule has 0 radical (unpaired) electrons. The molecule has 0 bridgehead atoms. The van der Waals surface area contributed by atoms with E-state index >= 15 is 0 Å². The average molecular weight is 363 g/mol. The first-order chi connectivity index (χ1) is 11.4. The molecule has 2 N–H and O–H groups in total. The minimum Gasteiger partial charge on any atom is -0.380 e. The summed E-state index contributed by atoms with van der Waals surface area (Å²) < 4.78 is 25.3. The van der Waals surface area contributed by atoms with Gasteiger partial charge < -0.3 is 10.3 Å². The molecule has 2 heterocycles. The maximum absolute atomic E-state index is 12.0. The highest BCUT2D eigenvalue weighted by atomic mass is 32.2. The molecule has 126 valence electrons. The monoisotopic (exact) mass is 363 g/mol. The second-order valence-electron chi connectivity index (χ2n) is 6.11. The molecule has 0 aliphatic heterocycles. The molecule has 3 aromatic rings. The van der Waals surface area contributed by atoms with E-state index in [2.05, 4.69) is 10.3 Å². The third-order valence-corrected chi connectivity index (χ3v) is 7.00. The summed E-state index contributed by atoms with van der Waals surface area (Å²) in [5.41, 5.74) is 2.61. The molecule has 1 saturated carbocycles. The van der Waals surface area contributed by atoms with Gasteiger partial charge in [-0.25, -0.2) is 13.2 Å². The van der Waals surface area contributed by atoms with Crippen molar-refractivity contribution in [2.24, 2.45) is 0 Å². The quantitative estimate of drug-likeness (QED) is 0.730. The Morgan fingerprint density at radius 2 is 2.08 bits per heavy atom. The van der Waals surface area contributed by atoms with E-state index in [9.17, 15) is 13.2 Å². The molecule has 0 spiro atoms. The van der Waals surface area contributed by atoms with Gasteiger partial charge in [0, 0.05) is 29.4 Å². The van der Waals surface area contributed by atoms with Gasteiger partial charge in [0.15, 0.2) is 9.84 Å². The van der Waals surface area contributed by atoms with E-state index < -0.39 is 9.84 Å². The number of rotatable bonds is 5. The van der Waals surface area contributed by atoms with Crippen molar-refractivity contribution >= 4 is 37.9 Å². The fourth-order valence-electron chi connectivity index (χ4n) is 2.77. The van der Waals surface area contributed by atoms with Crippen LogP contribution >= 0.6 is 11.3 Å². The first-order valence-electron chi connectivity index (χ1n) is 7.69. The summed E-state index contributed by atoms with van der Waals surface area (Å²) in [6.45, 7) is 0.545. The van der Waals surface area contributed by atoms with Gasteiger partial charge in [-0.05, 0) is 43.2 Å². The lowest BCUT2D eigenvalue weighted by Gasteiger charge is -2.06. The molecule has 8 heteroatoms. The molecular weight excluding hydrogens is 346 g/mol. The van der Waals surface area contributed by atoms with Crippen LogP contribution in [-0.2, 0) is 16.4 Å². The summed E-state index contributed by atoms with van der Waals surface area (Å²) in [7, 11) is -3.15. The maximum atomic E-state index is 12.0. The van der Waals surface area contributed by atoms with E-state index in [4.69, 9.17) is 0 Å². The van der Waals surface area contributed by atoms with E-state index in [1.807, 2.05) is 28.8 Å². The molecular formula is C16H17N3O3S2. The molecule has 24 heavy (non-hydrogen) atoms. The maximum Gasteiger partial charge on any atom is 0.326 e. The molecule has 0 atom stereocenters. The molecule has 0 unspecified atom stereocenters. The van der Waals surface area contributed by atoms with Gasteiger partial charge in [0.2, 0.25) is 0 Å². The number of anilines is 1.